The van der Waals surface area contributed by atoms with Gasteiger partial charge in [0.25, 0.3) is 0 Å². The Morgan fingerprint density at radius 1 is 1.00 bits per heavy atom. The lowest BCUT2D eigenvalue weighted by atomic mass is 10.3. The number of ether oxygens (including phenoxy) is 1. The Morgan fingerprint density at radius 2 is 1.63 bits per heavy atom. The third kappa shape index (κ3) is 15.7. The first-order chi connectivity index (χ1) is 9.10. The highest BCUT2D eigenvalue weighted by Crippen LogP contribution is 2.47. The SMILES string of the molecule is CCCCC.CCOP(=O)(CC)OCCOCC=O. The molecule has 0 aliphatic rings. The van der Waals surface area contributed by atoms with Gasteiger partial charge in [-0.05, 0) is 6.92 Å². The second-order valence-electron chi connectivity index (χ2n) is 3.77. The molecule has 0 radical (unpaired) electrons. The van der Waals surface area contributed by atoms with E-state index in [1.807, 2.05) is 0 Å². The Balaban J connectivity index is 0. The van der Waals surface area contributed by atoms with Gasteiger partial charge in [-0.1, -0.05) is 40.0 Å². The smallest absolute Gasteiger partial charge is 0.330 e. The van der Waals surface area contributed by atoms with Crippen LogP contribution in [0.5, 0.6) is 0 Å². The first kappa shape index (κ1) is 21.1. The number of hydrogen-bond acceptors (Lipinski definition) is 5. The number of hydrogen-bond donors (Lipinski definition) is 0. The van der Waals surface area contributed by atoms with Crippen LogP contribution in [0.3, 0.4) is 0 Å². The van der Waals surface area contributed by atoms with E-state index in [0.29, 0.717) is 19.1 Å². The first-order valence-corrected chi connectivity index (χ1v) is 8.72. The lowest BCUT2D eigenvalue weighted by molar-refractivity contribution is -0.112. The fourth-order valence-electron chi connectivity index (χ4n) is 1.14. The zero-order valence-electron chi connectivity index (χ0n) is 12.7. The molecule has 0 saturated carbocycles. The van der Waals surface area contributed by atoms with E-state index < -0.39 is 7.60 Å². The van der Waals surface area contributed by atoms with Crippen LogP contribution in [0.15, 0.2) is 0 Å². The summed E-state index contributed by atoms with van der Waals surface area (Å²) in [5.41, 5.74) is 0. The molecule has 0 aliphatic heterocycles. The van der Waals surface area contributed by atoms with Crippen molar-refractivity contribution in [3.05, 3.63) is 0 Å². The van der Waals surface area contributed by atoms with E-state index >= 15 is 0 Å². The average molecular weight is 296 g/mol. The summed E-state index contributed by atoms with van der Waals surface area (Å²) in [7, 11) is -2.92. The van der Waals surface area contributed by atoms with E-state index in [1.54, 1.807) is 13.8 Å². The Hall–Kier alpha value is -0.220. The molecule has 1 atom stereocenters. The molecule has 5 nitrogen and oxygen atoms in total. The summed E-state index contributed by atoms with van der Waals surface area (Å²) < 4.78 is 26.5. The summed E-state index contributed by atoms with van der Waals surface area (Å²) in [4.78, 5) is 9.88. The number of rotatable bonds is 11. The normalized spacial score (nSPS) is 13.3. The van der Waals surface area contributed by atoms with E-state index in [9.17, 15) is 9.36 Å². The molecule has 116 valence electrons. The van der Waals surface area contributed by atoms with E-state index in [4.69, 9.17) is 13.8 Å². The van der Waals surface area contributed by atoms with Crippen LogP contribution in [-0.2, 0) is 23.1 Å². The van der Waals surface area contributed by atoms with Crippen molar-refractivity contribution in [1.82, 2.24) is 0 Å². The summed E-state index contributed by atoms with van der Waals surface area (Å²) in [5.74, 6) is 0. The molecule has 0 fully saturated rings. The van der Waals surface area contributed by atoms with Gasteiger partial charge in [0.15, 0.2) is 0 Å². The Labute approximate surface area is 117 Å². The third-order valence-electron chi connectivity index (χ3n) is 2.12. The molecule has 0 saturated heterocycles. The van der Waals surface area contributed by atoms with Crippen LogP contribution >= 0.6 is 7.60 Å². The molecule has 0 bridgehead atoms. The predicted molar refractivity (Wildman–Crippen MR) is 77.8 cm³/mol. The summed E-state index contributed by atoms with van der Waals surface area (Å²) in [6.45, 7) is 8.74. The minimum Gasteiger partial charge on any atom is -0.372 e. The Kier molecular flexibility index (Phi) is 17.6. The van der Waals surface area contributed by atoms with Gasteiger partial charge in [-0.25, -0.2) is 0 Å². The van der Waals surface area contributed by atoms with Crippen molar-refractivity contribution in [2.45, 2.75) is 47.0 Å². The number of carbonyl (C=O) groups excluding carboxylic acids is 1. The van der Waals surface area contributed by atoms with Crippen molar-refractivity contribution in [1.29, 1.82) is 0 Å². The maximum Gasteiger partial charge on any atom is 0.330 e. The molecule has 0 spiro atoms. The van der Waals surface area contributed by atoms with E-state index in [0.717, 1.165) is 0 Å². The maximum atomic E-state index is 11.6. The van der Waals surface area contributed by atoms with Crippen LogP contribution < -0.4 is 0 Å². The second-order valence-corrected chi connectivity index (χ2v) is 6.14. The third-order valence-corrected chi connectivity index (χ3v) is 4.12. The molecular formula is C13H29O5P. The molecule has 0 N–H and O–H groups in total. The predicted octanol–water partition coefficient (Wildman–Crippen LogP) is 3.66. The van der Waals surface area contributed by atoms with Gasteiger partial charge in [-0.3, -0.25) is 4.57 Å². The van der Waals surface area contributed by atoms with Gasteiger partial charge in [0, 0.05) is 6.16 Å². The molecule has 0 aromatic rings. The van der Waals surface area contributed by atoms with Gasteiger partial charge in [-0.2, -0.15) is 0 Å². The van der Waals surface area contributed by atoms with E-state index in [2.05, 4.69) is 13.8 Å². The standard InChI is InChI=1S/C8H17O5P.C5H12/c1-3-12-14(10,4-2)13-8-7-11-6-5-9;1-3-5-4-2/h5H,3-4,6-8H2,1-2H3;3-5H2,1-2H3. The fourth-order valence-corrected chi connectivity index (χ4v) is 2.32. The summed E-state index contributed by atoms with van der Waals surface area (Å²) in [5, 5.41) is 0. The highest BCUT2D eigenvalue weighted by molar-refractivity contribution is 7.53. The van der Waals surface area contributed by atoms with Gasteiger partial charge in [0.05, 0.1) is 19.8 Å². The maximum absolute atomic E-state index is 11.6. The van der Waals surface area contributed by atoms with Gasteiger partial charge in [0.2, 0.25) is 0 Å². The molecule has 0 rings (SSSR count). The van der Waals surface area contributed by atoms with Crippen molar-refractivity contribution in [2.75, 3.05) is 32.6 Å². The Morgan fingerprint density at radius 3 is 2.00 bits per heavy atom. The molecule has 0 heterocycles. The summed E-state index contributed by atoms with van der Waals surface area (Å²) >= 11 is 0. The van der Waals surface area contributed by atoms with Crippen LogP contribution in [0.4, 0.5) is 0 Å². The van der Waals surface area contributed by atoms with Crippen LogP contribution in [-0.4, -0.2) is 38.9 Å². The highest BCUT2D eigenvalue weighted by Gasteiger charge is 2.20. The van der Waals surface area contributed by atoms with Gasteiger partial charge < -0.3 is 18.6 Å². The van der Waals surface area contributed by atoms with Gasteiger partial charge in [-0.15, -0.1) is 0 Å². The van der Waals surface area contributed by atoms with Crippen LogP contribution in [0.25, 0.3) is 0 Å². The monoisotopic (exact) mass is 296 g/mol. The largest absolute Gasteiger partial charge is 0.372 e. The fraction of sp³-hybridized carbons (Fsp3) is 0.923. The summed E-state index contributed by atoms with van der Waals surface area (Å²) in [6, 6.07) is 0. The molecule has 0 aromatic heterocycles. The van der Waals surface area contributed by atoms with Gasteiger partial charge >= 0.3 is 7.60 Å². The minimum absolute atomic E-state index is 0.0361. The van der Waals surface area contributed by atoms with Crippen LogP contribution in [0.2, 0.25) is 0 Å². The highest BCUT2D eigenvalue weighted by atomic mass is 31.2. The van der Waals surface area contributed by atoms with Crippen LogP contribution in [0, 0.1) is 0 Å². The number of unbranched alkanes of at least 4 members (excludes halogenated alkanes) is 2. The zero-order chi connectivity index (χ0) is 15.0. The topological polar surface area (TPSA) is 61.8 Å². The van der Waals surface area contributed by atoms with E-state index in [-0.39, 0.29) is 19.8 Å². The summed E-state index contributed by atoms with van der Waals surface area (Å²) in [6.07, 6.45) is 5.07. The quantitative estimate of drug-likeness (QED) is 0.331. The lowest BCUT2D eigenvalue weighted by Crippen LogP contribution is -2.06. The molecule has 0 aromatic carbocycles. The Bertz CT molecular complexity index is 231. The zero-order valence-corrected chi connectivity index (χ0v) is 13.6. The molecule has 0 aliphatic carbocycles. The molecule has 1 unspecified atom stereocenters. The minimum atomic E-state index is -2.92. The molecule has 6 heteroatoms. The van der Waals surface area contributed by atoms with Crippen molar-refractivity contribution in [3.63, 3.8) is 0 Å². The number of aldehydes is 1. The second kappa shape index (κ2) is 15.8. The van der Waals surface area contributed by atoms with Crippen LogP contribution in [0.1, 0.15) is 47.0 Å². The number of carbonyl (C=O) groups is 1. The van der Waals surface area contributed by atoms with Gasteiger partial charge in [0.1, 0.15) is 12.9 Å². The molecular weight excluding hydrogens is 267 g/mol. The lowest BCUT2D eigenvalue weighted by Gasteiger charge is -2.15. The average Bonchev–Trinajstić information content (AvgIpc) is 2.40. The van der Waals surface area contributed by atoms with E-state index in [1.165, 1.54) is 19.3 Å². The molecule has 19 heavy (non-hydrogen) atoms. The van der Waals surface area contributed by atoms with Crippen molar-refractivity contribution in [3.8, 4) is 0 Å². The first-order valence-electron chi connectivity index (χ1n) is 6.99. The molecule has 0 amide bonds. The van der Waals surface area contributed by atoms with Crippen molar-refractivity contribution in [2.24, 2.45) is 0 Å². The van der Waals surface area contributed by atoms with Crippen molar-refractivity contribution < 1.29 is 23.1 Å². The van der Waals surface area contributed by atoms with Crippen molar-refractivity contribution >= 4 is 13.9 Å².